The highest BCUT2D eigenvalue weighted by Crippen LogP contribution is 1.94. The zero-order valence-corrected chi connectivity index (χ0v) is 6.31. The van der Waals surface area contributed by atoms with Gasteiger partial charge >= 0.3 is 0 Å². The maximum Gasteiger partial charge on any atom is 0.0341 e. The van der Waals surface area contributed by atoms with Gasteiger partial charge in [0.2, 0.25) is 0 Å². The first-order chi connectivity index (χ1) is 4.20. The summed E-state index contributed by atoms with van der Waals surface area (Å²) in [4.78, 5) is 3.75. The molecule has 0 aromatic carbocycles. The van der Waals surface area contributed by atoms with Crippen molar-refractivity contribution in [3.05, 3.63) is 11.8 Å². The van der Waals surface area contributed by atoms with Crippen LogP contribution in [-0.4, -0.2) is 19.8 Å². The fraction of sp³-hybridized carbons (Fsp3) is 0.571. The molecule has 0 spiro atoms. The summed E-state index contributed by atoms with van der Waals surface area (Å²) in [5, 5.41) is 3.07. The number of nitrogens with one attached hydrogen (secondary N) is 1. The Morgan fingerprint density at radius 3 is 2.67 bits per heavy atom. The molecule has 1 atom stereocenters. The molecule has 0 rings (SSSR count). The summed E-state index contributed by atoms with van der Waals surface area (Å²) in [6.07, 6.45) is 2.02. The van der Waals surface area contributed by atoms with Crippen molar-refractivity contribution < 1.29 is 0 Å². The number of aliphatic imine (C=N–C) groups is 1. The van der Waals surface area contributed by atoms with Gasteiger partial charge in [0.25, 0.3) is 0 Å². The van der Waals surface area contributed by atoms with E-state index in [1.54, 1.807) is 0 Å². The van der Waals surface area contributed by atoms with E-state index < -0.39 is 0 Å². The lowest BCUT2D eigenvalue weighted by molar-refractivity contribution is 0.723. The van der Waals surface area contributed by atoms with Gasteiger partial charge in [0.1, 0.15) is 0 Å². The van der Waals surface area contributed by atoms with Crippen molar-refractivity contribution in [2.75, 3.05) is 7.05 Å². The van der Waals surface area contributed by atoms with Crippen molar-refractivity contribution in [3.8, 4) is 0 Å². The third-order valence-electron chi connectivity index (χ3n) is 1.20. The Morgan fingerprint density at radius 2 is 2.33 bits per heavy atom. The molecule has 0 bridgehead atoms. The van der Waals surface area contributed by atoms with Crippen molar-refractivity contribution in [2.24, 2.45) is 4.99 Å². The van der Waals surface area contributed by atoms with Crippen LogP contribution < -0.4 is 5.32 Å². The van der Waals surface area contributed by atoms with E-state index in [1.165, 1.54) is 0 Å². The Balaban J connectivity index is 3.78. The predicted molar refractivity (Wildman–Crippen MR) is 41.8 cm³/mol. The lowest BCUT2D eigenvalue weighted by Crippen LogP contribution is -2.18. The quantitative estimate of drug-likeness (QED) is 0.564. The van der Waals surface area contributed by atoms with Gasteiger partial charge < -0.3 is 5.32 Å². The Morgan fingerprint density at radius 1 is 1.78 bits per heavy atom. The third kappa shape index (κ3) is 3.91. The fourth-order valence-corrected chi connectivity index (χ4v) is 0.498. The van der Waals surface area contributed by atoms with Gasteiger partial charge in [-0.3, -0.25) is 4.99 Å². The molecule has 0 saturated heterocycles. The standard InChI is InChI=1S/C7H14N2/c1-6(8-3)5-7(2)9-4/h5,7,9H,3H2,1-2,4H3/b6-5-. The molecule has 0 aromatic rings. The van der Waals surface area contributed by atoms with E-state index in [0.29, 0.717) is 6.04 Å². The van der Waals surface area contributed by atoms with Crippen molar-refractivity contribution in [1.82, 2.24) is 5.32 Å². The van der Waals surface area contributed by atoms with E-state index in [1.807, 2.05) is 20.0 Å². The SMILES string of the molecule is C=N/C(C)=C\C(C)NC. The number of likely N-dealkylation sites (N-methyl/N-ethyl adjacent to an activating group) is 1. The summed E-state index contributed by atoms with van der Waals surface area (Å²) in [5.41, 5.74) is 0.969. The van der Waals surface area contributed by atoms with E-state index >= 15 is 0 Å². The largest absolute Gasteiger partial charge is 0.314 e. The Labute approximate surface area is 56.7 Å². The Kier molecular flexibility index (Phi) is 3.97. The topological polar surface area (TPSA) is 24.4 Å². The number of rotatable bonds is 3. The molecule has 0 aromatic heterocycles. The Bertz CT molecular complexity index is 116. The zero-order valence-electron chi connectivity index (χ0n) is 6.31. The molecule has 0 heterocycles. The molecular formula is C7H14N2. The van der Waals surface area contributed by atoms with Gasteiger partial charge in [0, 0.05) is 11.7 Å². The smallest absolute Gasteiger partial charge is 0.0341 e. The van der Waals surface area contributed by atoms with Gasteiger partial charge in [0.15, 0.2) is 0 Å². The van der Waals surface area contributed by atoms with Gasteiger partial charge in [-0.15, -0.1) is 0 Å². The molecule has 1 N–H and O–H groups in total. The molecule has 0 amide bonds. The highest BCUT2D eigenvalue weighted by Gasteiger charge is 1.90. The third-order valence-corrected chi connectivity index (χ3v) is 1.20. The van der Waals surface area contributed by atoms with Crippen molar-refractivity contribution in [3.63, 3.8) is 0 Å². The first kappa shape index (κ1) is 8.37. The second-order valence-corrected chi connectivity index (χ2v) is 2.04. The van der Waals surface area contributed by atoms with Gasteiger partial charge in [-0.25, -0.2) is 0 Å². The summed E-state index contributed by atoms with van der Waals surface area (Å²) in [6.45, 7) is 7.40. The molecule has 0 radical (unpaired) electrons. The number of hydrogen-bond acceptors (Lipinski definition) is 2. The van der Waals surface area contributed by atoms with Crippen molar-refractivity contribution >= 4 is 6.72 Å². The highest BCUT2D eigenvalue weighted by molar-refractivity contribution is 5.28. The molecular weight excluding hydrogens is 112 g/mol. The highest BCUT2D eigenvalue weighted by atomic mass is 14.8. The molecule has 2 heteroatoms. The lowest BCUT2D eigenvalue weighted by Gasteiger charge is -2.02. The molecule has 9 heavy (non-hydrogen) atoms. The molecule has 0 aliphatic rings. The van der Waals surface area contributed by atoms with Crippen LogP contribution in [0.2, 0.25) is 0 Å². The summed E-state index contributed by atoms with van der Waals surface area (Å²) in [5.74, 6) is 0. The van der Waals surface area contributed by atoms with Crippen LogP contribution in [0.15, 0.2) is 16.8 Å². The van der Waals surface area contributed by atoms with Gasteiger partial charge in [-0.1, -0.05) is 0 Å². The normalized spacial score (nSPS) is 15.2. The number of nitrogens with zero attached hydrogens (tertiary/aromatic N) is 1. The molecule has 0 aliphatic heterocycles. The maximum absolute atomic E-state index is 3.75. The molecule has 52 valence electrons. The molecule has 0 fully saturated rings. The van der Waals surface area contributed by atoms with Crippen LogP contribution in [0.5, 0.6) is 0 Å². The summed E-state index contributed by atoms with van der Waals surface area (Å²) >= 11 is 0. The van der Waals surface area contributed by atoms with Crippen molar-refractivity contribution in [1.29, 1.82) is 0 Å². The van der Waals surface area contributed by atoms with Gasteiger partial charge in [-0.05, 0) is 33.7 Å². The first-order valence-corrected chi connectivity index (χ1v) is 3.03. The van der Waals surface area contributed by atoms with E-state index in [4.69, 9.17) is 0 Å². The van der Waals surface area contributed by atoms with E-state index in [0.717, 1.165) is 5.70 Å². The van der Waals surface area contributed by atoms with Crippen molar-refractivity contribution in [2.45, 2.75) is 19.9 Å². The minimum absolute atomic E-state index is 0.385. The second kappa shape index (κ2) is 4.27. The van der Waals surface area contributed by atoms with E-state index in [-0.39, 0.29) is 0 Å². The van der Waals surface area contributed by atoms with Crippen LogP contribution in [0.3, 0.4) is 0 Å². The average molecular weight is 126 g/mol. The van der Waals surface area contributed by atoms with E-state index in [9.17, 15) is 0 Å². The first-order valence-electron chi connectivity index (χ1n) is 3.03. The summed E-state index contributed by atoms with van der Waals surface area (Å²) in [7, 11) is 1.91. The Hall–Kier alpha value is -0.630. The second-order valence-electron chi connectivity index (χ2n) is 2.04. The van der Waals surface area contributed by atoms with E-state index in [2.05, 4.69) is 24.0 Å². The minimum Gasteiger partial charge on any atom is -0.314 e. The van der Waals surface area contributed by atoms with Crippen LogP contribution in [0.4, 0.5) is 0 Å². The molecule has 0 aliphatic carbocycles. The fourth-order valence-electron chi connectivity index (χ4n) is 0.498. The van der Waals surface area contributed by atoms with Crippen LogP contribution in [0.25, 0.3) is 0 Å². The van der Waals surface area contributed by atoms with Crippen LogP contribution in [0.1, 0.15) is 13.8 Å². The molecule has 0 saturated carbocycles. The summed E-state index contributed by atoms with van der Waals surface area (Å²) in [6, 6.07) is 0.385. The number of hydrogen-bond donors (Lipinski definition) is 1. The van der Waals surface area contributed by atoms with Crippen LogP contribution in [-0.2, 0) is 0 Å². The van der Waals surface area contributed by atoms with Gasteiger partial charge in [-0.2, -0.15) is 0 Å². The molecule has 1 unspecified atom stereocenters. The van der Waals surface area contributed by atoms with Gasteiger partial charge in [0.05, 0.1) is 0 Å². The predicted octanol–water partition coefficient (Wildman–Crippen LogP) is 1.20. The average Bonchev–Trinajstić information content (AvgIpc) is 1.87. The monoisotopic (exact) mass is 126 g/mol. The zero-order chi connectivity index (χ0) is 7.28. The van der Waals surface area contributed by atoms with Crippen LogP contribution >= 0.6 is 0 Å². The number of allylic oxidation sites excluding steroid dienone is 1. The minimum atomic E-state index is 0.385. The lowest BCUT2D eigenvalue weighted by atomic mass is 10.3. The maximum atomic E-state index is 3.75. The van der Waals surface area contributed by atoms with Crippen LogP contribution in [0, 0.1) is 0 Å². The summed E-state index contributed by atoms with van der Waals surface area (Å²) < 4.78 is 0. The molecule has 2 nitrogen and oxygen atoms in total.